The fourth-order valence-electron chi connectivity index (χ4n) is 0.969. The molecule has 0 aromatic carbocycles. The van der Waals surface area contributed by atoms with E-state index in [-0.39, 0.29) is 6.04 Å². The molecule has 0 radical (unpaired) electrons. The Kier molecular flexibility index (Phi) is 4.12. The Morgan fingerprint density at radius 1 is 1.50 bits per heavy atom. The first-order valence-corrected chi connectivity index (χ1v) is 4.64. The first-order valence-electron chi connectivity index (χ1n) is 4.64. The van der Waals surface area contributed by atoms with E-state index in [1.807, 2.05) is 13.8 Å². The van der Waals surface area contributed by atoms with Gasteiger partial charge in [0.25, 0.3) is 0 Å². The Labute approximate surface area is 83.7 Å². The molecule has 1 atom stereocenters. The zero-order valence-electron chi connectivity index (χ0n) is 8.53. The van der Waals surface area contributed by atoms with Gasteiger partial charge in [0.2, 0.25) is 5.95 Å². The molecule has 1 unspecified atom stereocenters. The third-order valence-corrected chi connectivity index (χ3v) is 1.62. The summed E-state index contributed by atoms with van der Waals surface area (Å²) in [6.07, 6.45) is 3.14. The normalized spacial score (nSPS) is 12.4. The first kappa shape index (κ1) is 10.7. The highest BCUT2D eigenvalue weighted by molar-refractivity contribution is 5.36. The van der Waals surface area contributed by atoms with E-state index in [1.54, 1.807) is 12.4 Å². The number of nitrogen functional groups attached to an aromatic ring is 1. The molecule has 0 spiro atoms. The van der Waals surface area contributed by atoms with Crippen molar-refractivity contribution in [2.24, 2.45) is 0 Å². The summed E-state index contributed by atoms with van der Waals surface area (Å²) >= 11 is 0. The molecule has 0 aliphatic rings. The molecule has 0 saturated carbocycles. The molecule has 0 aliphatic heterocycles. The van der Waals surface area contributed by atoms with E-state index in [1.165, 1.54) is 0 Å². The lowest BCUT2D eigenvalue weighted by atomic mass is 10.4. The number of hydrogen-bond donors (Lipinski definition) is 2. The third-order valence-electron chi connectivity index (χ3n) is 1.62. The Hall–Kier alpha value is -1.36. The standard InChI is InChI=1S/C9H16N4O/c1-3-14-6-7(2)13-9-11-4-8(10)5-12-9/h4-5,7H,3,6,10H2,1-2H3,(H,11,12,13). The van der Waals surface area contributed by atoms with Gasteiger partial charge < -0.3 is 15.8 Å². The summed E-state index contributed by atoms with van der Waals surface area (Å²) in [5.41, 5.74) is 6.02. The summed E-state index contributed by atoms with van der Waals surface area (Å²) in [7, 11) is 0. The topological polar surface area (TPSA) is 73.1 Å². The van der Waals surface area contributed by atoms with Crippen LogP contribution in [-0.2, 0) is 4.74 Å². The maximum Gasteiger partial charge on any atom is 0.223 e. The van der Waals surface area contributed by atoms with Gasteiger partial charge in [-0.1, -0.05) is 0 Å². The Morgan fingerprint density at radius 3 is 2.71 bits per heavy atom. The molecule has 1 aromatic rings. The molecule has 5 nitrogen and oxygen atoms in total. The van der Waals surface area contributed by atoms with Crippen LogP contribution < -0.4 is 11.1 Å². The molecule has 5 heteroatoms. The Bertz CT molecular complexity index is 262. The average Bonchev–Trinajstić information content (AvgIpc) is 2.18. The Morgan fingerprint density at radius 2 is 2.14 bits per heavy atom. The van der Waals surface area contributed by atoms with Crippen LogP contribution in [0.2, 0.25) is 0 Å². The summed E-state index contributed by atoms with van der Waals surface area (Å²) in [6.45, 7) is 5.33. The summed E-state index contributed by atoms with van der Waals surface area (Å²) in [4.78, 5) is 8.05. The number of nitrogens with one attached hydrogen (secondary N) is 1. The van der Waals surface area contributed by atoms with Crippen molar-refractivity contribution in [3.63, 3.8) is 0 Å². The molecule has 3 N–H and O–H groups in total. The highest BCUT2D eigenvalue weighted by Crippen LogP contribution is 2.02. The maximum atomic E-state index is 5.46. The minimum absolute atomic E-state index is 0.193. The highest BCUT2D eigenvalue weighted by Gasteiger charge is 2.02. The van der Waals surface area contributed by atoms with E-state index < -0.39 is 0 Å². The number of hydrogen-bond acceptors (Lipinski definition) is 5. The van der Waals surface area contributed by atoms with Crippen molar-refractivity contribution >= 4 is 11.6 Å². The molecular weight excluding hydrogens is 180 g/mol. The second-order valence-electron chi connectivity index (χ2n) is 3.04. The molecule has 0 fully saturated rings. The Balaban J connectivity index is 2.39. The second kappa shape index (κ2) is 5.39. The number of ether oxygens (including phenoxy) is 1. The van der Waals surface area contributed by atoms with Gasteiger partial charge in [-0.05, 0) is 13.8 Å². The van der Waals surface area contributed by atoms with Crippen molar-refractivity contribution in [1.82, 2.24) is 9.97 Å². The van der Waals surface area contributed by atoms with Crippen LogP contribution in [-0.4, -0.2) is 29.2 Å². The van der Waals surface area contributed by atoms with Crippen LogP contribution in [0.25, 0.3) is 0 Å². The largest absolute Gasteiger partial charge is 0.396 e. The van der Waals surface area contributed by atoms with E-state index >= 15 is 0 Å². The molecular formula is C9H16N4O. The monoisotopic (exact) mass is 196 g/mol. The minimum atomic E-state index is 0.193. The molecule has 1 heterocycles. The van der Waals surface area contributed by atoms with Crippen molar-refractivity contribution in [2.45, 2.75) is 19.9 Å². The zero-order chi connectivity index (χ0) is 10.4. The van der Waals surface area contributed by atoms with Crippen LogP contribution >= 0.6 is 0 Å². The van der Waals surface area contributed by atoms with Gasteiger partial charge in [-0.15, -0.1) is 0 Å². The van der Waals surface area contributed by atoms with Crippen LogP contribution in [0.5, 0.6) is 0 Å². The van der Waals surface area contributed by atoms with Crippen LogP contribution in [0.3, 0.4) is 0 Å². The van der Waals surface area contributed by atoms with Gasteiger partial charge in [0.15, 0.2) is 0 Å². The van der Waals surface area contributed by atoms with Gasteiger partial charge in [0.1, 0.15) is 0 Å². The van der Waals surface area contributed by atoms with E-state index in [9.17, 15) is 0 Å². The van der Waals surface area contributed by atoms with Gasteiger partial charge in [-0.25, -0.2) is 9.97 Å². The van der Waals surface area contributed by atoms with Crippen molar-refractivity contribution < 1.29 is 4.74 Å². The van der Waals surface area contributed by atoms with Crippen LogP contribution in [0.1, 0.15) is 13.8 Å². The predicted molar refractivity (Wildman–Crippen MR) is 56.0 cm³/mol. The number of anilines is 2. The molecule has 0 saturated heterocycles. The third kappa shape index (κ3) is 3.57. The maximum absolute atomic E-state index is 5.46. The second-order valence-corrected chi connectivity index (χ2v) is 3.04. The van der Waals surface area contributed by atoms with Crippen molar-refractivity contribution in [2.75, 3.05) is 24.3 Å². The van der Waals surface area contributed by atoms with Crippen molar-refractivity contribution in [3.05, 3.63) is 12.4 Å². The van der Waals surface area contributed by atoms with E-state index in [2.05, 4.69) is 15.3 Å². The molecule has 14 heavy (non-hydrogen) atoms. The predicted octanol–water partition coefficient (Wildman–Crippen LogP) is 0.896. The first-order chi connectivity index (χ1) is 6.72. The number of aromatic nitrogens is 2. The fraction of sp³-hybridized carbons (Fsp3) is 0.556. The van der Waals surface area contributed by atoms with Gasteiger partial charge >= 0.3 is 0 Å². The van der Waals surface area contributed by atoms with Gasteiger partial charge in [0, 0.05) is 12.6 Å². The van der Waals surface area contributed by atoms with Crippen LogP contribution in [0, 0.1) is 0 Å². The summed E-state index contributed by atoms with van der Waals surface area (Å²) in [5.74, 6) is 0.575. The molecule has 0 aliphatic carbocycles. The average molecular weight is 196 g/mol. The number of nitrogens with two attached hydrogens (primary N) is 1. The molecule has 1 rings (SSSR count). The SMILES string of the molecule is CCOCC(C)Nc1ncc(N)cn1. The summed E-state index contributed by atoms with van der Waals surface area (Å²) in [6, 6.07) is 0.193. The highest BCUT2D eigenvalue weighted by atomic mass is 16.5. The van der Waals surface area contributed by atoms with E-state index in [0.29, 0.717) is 24.8 Å². The lowest BCUT2D eigenvalue weighted by Gasteiger charge is -2.12. The molecule has 78 valence electrons. The van der Waals surface area contributed by atoms with Gasteiger partial charge in [0.05, 0.1) is 24.7 Å². The van der Waals surface area contributed by atoms with Crippen molar-refractivity contribution in [3.8, 4) is 0 Å². The molecule has 0 amide bonds. The lowest BCUT2D eigenvalue weighted by Crippen LogP contribution is -2.22. The minimum Gasteiger partial charge on any atom is -0.396 e. The lowest BCUT2D eigenvalue weighted by molar-refractivity contribution is 0.141. The van der Waals surface area contributed by atoms with Gasteiger partial charge in [-0.2, -0.15) is 0 Å². The van der Waals surface area contributed by atoms with Gasteiger partial charge in [-0.3, -0.25) is 0 Å². The molecule has 1 aromatic heterocycles. The molecule has 0 bridgehead atoms. The van der Waals surface area contributed by atoms with E-state index in [4.69, 9.17) is 10.5 Å². The number of nitrogens with zero attached hydrogens (tertiary/aromatic N) is 2. The number of rotatable bonds is 5. The summed E-state index contributed by atoms with van der Waals surface area (Å²) in [5, 5.41) is 3.10. The van der Waals surface area contributed by atoms with Crippen LogP contribution in [0.15, 0.2) is 12.4 Å². The van der Waals surface area contributed by atoms with E-state index in [0.717, 1.165) is 0 Å². The quantitative estimate of drug-likeness (QED) is 0.731. The van der Waals surface area contributed by atoms with Crippen LogP contribution in [0.4, 0.5) is 11.6 Å². The summed E-state index contributed by atoms with van der Waals surface area (Å²) < 4.78 is 5.25. The fourth-order valence-corrected chi connectivity index (χ4v) is 0.969. The zero-order valence-corrected chi connectivity index (χ0v) is 8.53. The smallest absolute Gasteiger partial charge is 0.223 e. The van der Waals surface area contributed by atoms with Crippen molar-refractivity contribution in [1.29, 1.82) is 0 Å².